The number of rotatable bonds is 6. The Morgan fingerprint density at radius 1 is 1.09 bits per heavy atom. The number of amides is 1. The fourth-order valence-electron chi connectivity index (χ4n) is 3.56. The molecule has 0 fully saturated rings. The van der Waals surface area contributed by atoms with Crippen molar-refractivity contribution in [2.75, 3.05) is 11.1 Å². The standard InChI is InChI=1S/C24H16F3N3O4S/c25-24(26,27)14-5-3-6-15(11-14)28-19(31)13-35-23-29-20-17-8-1-2-9-18(17)34-21(20)22(32)30(23)12-16-7-4-10-33-16/h1-11H,12-13H2,(H,28,31). The molecule has 0 spiro atoms. The highest BCUT2D eigenvalue weighted by Gasteiger charge is 2.30. The number of alkyl halides is 3. The first kappa shape index (κ1) is 22.8. The topological polar surface area (TPSA) is 90.3 Å². The number of nitrogens with one attached hydrogen (secondary N) is 1. The Labute approximate surface area is 199 Å². The second-order valence-corrected chi connectivity index (χ2v) is 8.50. The fourth-order valence-corrected chi connectivity index (χ4v) is 4.35. The second-order valence-electron chi connectivity index (χ2n) is 7.56. The highest BCUT2D eigenvalue weighted by molar-refractivity contribution is 7.99. The van der Waals surface area contributed by atoms with E-state index in [-0.39, 0.29) is 28.7 Å². The van der Waals surface area contributed by atoms with E-state index in [4.69, 9.17) is 8.83 Å². The minimum absolute atomic E-state index is 0.0163. The largest absolute Gasteiger partial charge is 0.467 e. The van der Waals surface area contributed by atoms with Crippen LogP contribution in [-0.2, 0) is 17.5 Å². The lowest BCUT2D eigenvalue weighted by Gasteiger charge is -2.11. The maximum absolute atomic E-state index is 13.3. The van der Waals surface area contributed by atoms with E-state index in [0.29, 0.717) is 22.2 Å². The molecule has 11 heteroatoms. The highest BCUT2D eigenvalue weighted by Crippen LogP contribution is 2.31. The summed E-state index contributed by atoms with van der Waals surface area (Å²) in [5.74, 6) is -0.243. The number of nitrogens with zero attached hydrogens (tertiary/aromatic N) is 2. The summed E-state index contributed by atoms with van der Waals surface area (Å²) in [6, 6.07) is 14.8. The predicted molar refractivity (Wildman–Crippen MR) is 124 cm³/mol. The van der Waals surface area contributed by atoms with Crippen LogP contribution in [0, 0.1) is 0 Å². The van der Waals surface area contributed by atoms with Gasteiger partial charge in [0, 0.05) is 11.1 Å². The summed E-state index contributed by atoms with van der Waals surface area (Å²) >= 11 is 0.981. The highest BCUT2D eigenvalue weighted by atomic mass is 32.2. The second kappa shape index (κ2) is 8.99. The summed E-state index contributed by atoms with van der Waals surface area (Å²) in [4.78, 5) is 30.4. The van der Waals surface area contributed by atoms with Crippen LogP contribution in [-0.4, -0.2) is 21.2 Å². The number of furan rings is 2. The van der Waals surface area contributed by atoms with E-state index in [1.807, 2.05) is 0 Å². The van der Waals surface area contributed by atoms with Gasteiger partial charge in [-0.05, 0) is 42.5 Å². The summed E-state index contributed by atoms with van der Waals surface area (Å²) < 4.78 is 51.3. The Hall–Kier alpha value is -3.99. The number of hydrogen-bond acceptors (Lipinski definition) is 6. The van der Waals surface area contributed by atoms with E-state index in [1.54, 1.807) is 36.4 Å². The number of benzene rings is 2. The fraction of sp³-hybridized carbons (Fsp3) is 0.125. The smallest absolute Gasteiger partial charge is 0.416 e. The van der Waals surface area contributed by atoms with Crippen LogP contribution in [0.3, 0.4) is 0 Å². The normalized spacial score (nSPS) is 11.9. The van der Waals surface area contributed by atoms with Crippen molar-refractivity contribution in [2.24, 2.45) is 0 Å². The first-order valence-electron chi connectivity index (χ1n) is 10.3. The Kier molecular flexibility index (Phi) is 5.85. The molecule has 35 heavy (non-hydrogen) atoms. The number of aromatic nitrogens is 2. The van der Waals surface area contributed by atoms with Gasteiger partial charge in [-0.2, -0.15) is 13.2 Å². The number of anilines is 1. The number of para-hydroxylation sites is 1. The molecule has 5 aromatic rings. The first-order valence-corrected chi connectivity index (χ1v) is 11.3. The molecule has 0 aliphatic heterocycles. The molecule has 0 radical (unpaired) electrons. The molecule has 0 aliphatic rings. The van der Waals surface area contributed by atoms with Crippen LogP contribution >= 0.6 is 11.8 Å². The zero-order valence-electron chi connectivity index (χ0n) is 17.8. The van der Waals surface area contributed by atoms with Crippen molar-refractivity contribution in [1.29, 1.82) is 0 Å². The van der Waals surface area contributed by atoms with Gasteiger partial charge >= 0.3 is 6.18 Å². The molecule has 5 rings (SSSR count). The summed E-state index contributed by atoms with van der Waals surface area (Å²) in [6.07, 6.45) is -3.05. The predicted octanol–water partition coefficient (Wildman–Crippen LogP) is 5.53. The molecule has 0 atom stereocenters. The maximum atomic E-state index is 13.3. The van der Waals surface area contributed by atoms with Gasteiger partial charge in [-0.25, -0.2) is 4.98 Å². The number of halogens is 3. The Bertz CT molecular complexity index is 1590. The van der Waals surface area contributed by atoms with Crippen molar-refractivity contribution in [3.63, 3.8) is 0 Å². The average Bonchev–Trinajstić information content (AvgIpc) is 3.47. The molecule has 0 saturated carbocycles. The van der Waals surface area contributed by atoms with Crippen molar-refractivity contribution in [3.05, 3.63) is 88.6 Å². The molecule has 0 aliphatic carbocycles. The Balaban J connectivity index is 1.45. The van der Waals surface area contributed by atoms with Crippen LogP contribution in [0.15, 0.2) is 85.7 Å². The number of carbonyl (C=O) groups is 1. The lowest BCUT2D eigenvalue weighted by atomic mass is 10.2. The van der Waals surface area contributed by atoms with Crippen molar-refractivity contribution >= 4 is 45.4 Å². The van der Waals surface area contributed by atoms with Crippen molar-refractivity contribution < 1.29 is 26.8 Å². The molecule has 7 nitrogen and oxygen atoms in total. The van der Waals surface area contributed by atoms with Crippen LogP contribution in [0.4, 0.5) is 18.9 Å². The number of fused-ring (bicyclic) bond motifs is 3. The molecule has 0 saturated heterocycles. The monoisotopic (exact) mass is 499 g/mol. The third-order valence-electron chi connectivity index (χ3n) is 5.15. The Morgan fingerprint density at radius 3 is 2.69 bits per heavy atom. The van der Waals surface area contributed by atoms with E-state index < -0.39 is 23.2 Å². The summed E-state index contributed by atoms with van der Waals surface area (Å²) in [5.41, 5.74) is -0.348. The van der Waals surface area contributed by atoms with Gasteiger partial charge in [0.25, 0.3) is 5.56 Å². The molecule has 3 heterocycles. The van der Waals surface area contributed by atoms with Gasteiger partial charge in [-0.3, -0.25) is 14.2 Å². The SMILES string of the molecule is O=C(CSc1nc2c(oc3ccccc32)c(=O)n1Cc1ccco1)Nc1cccc(C(F)(F)F)c1. The molecule has 2 aromatic carbocycles. The number of thioether (sulfide) groups is 1. The van der Waals surface area contributed by atoms with Crippen LogP contribution in [0.1, 0.15) is 11.3 Å². The molecule has 3 aromatic heterocycles. The minimum atomic E-state index is -4.52. The molecule has 0 bridgehead atoms. The van der Waals surface area contributed by atoms with Crippen LogP contribution < -0.4 is 10.9 Å². The van der Waals surface area contributed by atoms with Gasteiger partial charge in [0.1, 0.15) is 16.9 Å². The molecule has 178 valence electrons. The van der Waals surface area contributed by atoms with Gasteiger partial charge in [0.15, 0.2) is 5.16 Å². The van der Waals surface area contributed by atoms with Crippen LogP contribution in [0.5, 0.6) is 0 Å². The lowest BCUT2D eigenvalue weighted by molar-refractivity contribution is -0.137. The maximum Gasteiger partial charge on any atom is 0.416 e. The molecule has 1 N–H and O–H groups in total. The molecule has 0 unspecified atom stereocenters. The summed E-state index contributed by atoms with van der Waals surface area (Å²) in [5, 5.41) is 3.35. The van der Waals surface area contributed by atoms with Gasteiger partial charge in [0.05, 0.1) is 24.1 Å². The third kappa shape index (κ3) is 4.67. The van der Waals surface area contributed by atoms with Crippen molar-refractivity contribution in [1.82, 2.24) is 9.55 Å². The van der Waals surface area contributed by atoms with Gasteiger partial charge in [-0.15, -0.1) is 0 Å². The van der Waals surface area contributed by atoms with Gasteiger partial charge < -0.3 is 14.2 Å². The summed E-state index contributed by atoms with van der Waals surface area (Å²) in [7, 11) is 0. The van der Waals surface area contributed by atoms with Gasteiger partial charge in [-0.1, -0.05) is 30.0 Å². The van der Waals surface area contributed by atoms with E-state index in [1.165, 1.54) is 23.0 Å². The van der Waals surface area contributed by atoms with Gasteiger partial charge in [0.2, 0.25) is 11.5 Å². The first-order chi connectivity index (χ1) is 16.8. The summed E-state index contributed by atoms with van der Waals surface area (Å²) in [6.45, 7) is 0.0589. The zero-order valence-corrected chi connectivity index (χ0v) is 18.7. The third-order valence-corrected chi connectivity index (χ3v) is 6.12. The average molecular weight is 499 g/mol. The quantitative estimate of drug-likeness (QED) is 0.244. The van der Waals surface area contributed by atoms with Crippen molar-refractivity contribution in [3.8, 4) is 0 Å². The number of hydrogen-bond donors (Lipinski definition) is 1. The van der Waals surface area contributed by atoms with E-state index >= 15 is 0 Å². The van der Waals surface area contributed by atoms with Crippen LogP contribution in [0.2, 0.25) is 0 Å². The zero-order chi connectivity index (χ0) is 24.6. The van der Waals surface area contributed by atoms with E-state index in [9.17, 15) is 22.8 Å². The Morgan fingerprint density at radius 2 is 1.91 bits per heavy atom. The van der Waals surface area contributed by atoms with E-state index in [0.717, 1.165) is 23.9 Å². The number of carbonyl (C=O) groups excluding carboxylic acids is 1. The van der Waals surface area contributed by atoms with Crippen molar-refractivity contribution in [2.45, 2.75) is 17.9 Å². The lowest BCUT2D eigenvalue weighted by Crippen LogP contribution is -2.24. The van der Waals surface area contributed by atoms with E-state index in [2.05, 4.69) is 10.3 Å². The van der Waals surface area contributed by atoms with Crippen LogP contribution in [0.25, 0.3) is 22.1 Å². The minimum Gasteiger partial charge on any atom is -0.467 e. The molecular formula is C24H16F3N3O4S. The molecular weight excluding hydrogens is 483 g/mol. The molecule has 1 amide bonds.